The van der Waals surface area contributed by atoms with Gasteiger partial charge in [0.1, 0.15) is 5.75 Å². The summed E-state index contributed by atoms with van der Waals surface area (Å²) in [7, 11) is 1.66. The number of rotatable bonds is 6. The van der Waals surface area contributed by atoms with Gasteiger partial charge in [-0.1, -0.05) is 29.8 Å². The number of amides is 2. The summed E-state index contributed by atoms with van der Waals surface area (Å²) in [6, 6.07) is 15.6. The number of carbonyl (C=O) groups is 2. The largest absolute Gasteiger partial charge is 0.497 e. The Morgan fingerprint density at radius 3 is 2.17 bits per heavy atom. The van der Waals surface area contributed by atoms with Crippen molar-refractivity contribution in [3.63, 3.8) is 0 Å². The van der Waals surface area contributed by atoms with Crippen LogP contribution in [0, 0.1) is 6.92 Å². The Balaban J connectivity index is 1.59. The van der Waals surface area contributed by atoms with E-state index < -0.39 is 0 Å². The number of benzene rings is 2. The number of nitrogens with zero attached hydrogens (tertiary/aromatic N) is 2. The zero-order valence-corrected chi connectivity index (χ0v) is 17.4. The third-order valence-electron chi connectivity index (χ3n) is 5.31. The van der Waals surface area contributed by atoms with Gasteiger partial charge in [-0.2, -0.15) is 0 Å². The third kappa shape index (κ3) is 5.50. The minimum Gasteiger partial charge on any atom is -0.497 e. The normalized spacial score (nSPS) is 15.0. The fourth-order valence-electron chi connectivity index (χ4n) is 3.61. The second kappa shape index (κ2) is 9.45. The Morgan fingerprint density at radius 1 is 1.00 bits per heavy atom. The van der Waals surface area contributed by atoms with Gasteiger partial charge in [0.25, 0.3) is 0 Å². The molecule has 0 spiro atoms. The zero-order chi connectivity index (χ0) is 20.8. The van der Waals surface area contributed by atoms with Crippen LogP contribution in [0.3, 0.4) is 0 Å². The fraction of sp³-hybridized carbons (Fsp3) is 0.391. The van der Waals surface area contributed by atoms with Crippen molar-refractivity contribution in [1.29, 1.82) is 0 Å². The average Bonchev–Trinajstić information content (AvgIpc) is 2.73. The van der Waals surface area contributed by atoms with Gasteiger partial charge >= 0.3 is 0 Å². The maximum atomic E-state index is 12.9. The zero-order valence-electron chi connectivity index (χ0n) is 17.4. The van der Waals surface area contributed by atoms with E-state index in [-0.39, 0.29) is 24.3 Å². The lowest BCUT2D eigenvalue weighted by molar-refractivity contribution is -0.132. The van der Waals surface area contributed by atoms with Crippen molar-refractivity contribution in [3.05, 3.63) is 59.7 Å². The van der Waals surface area contributed by atoms with Crippen LogP contribution in [0.1, 0.15) is 30.5 Å². The molecule has 6 nitrogen and oxygen atoms in total. The first-order chi connectivity index (χ1) is 14.0. The minimum atomic E-state index is -0.305. The molecule has 0 aromatic heterocycles. The van der Waals surface area contributed by atoms with Crippen LogP contribution in [0.2, 0.25) is 0 Å². The van der Waals surface area contributed by atoms with E-state index in [0.717, 1.165) is 35.7 Å². The van der Waals surface area contributed by atoms with Crippen molar-refractivity contribution in [2.75, 3.05) is 38.2 Å². The molecule has 0 radical (unpaired) electrons. The summed E-state index contributed by atoms with van der Waals surface area (Å²) >= 11 is 0. The van der Waals surface area contributed by atoms with Gasteiger partial charge in [-0.3, -0.25) is 9.59 Å². The van der Waals surface area contributed by atoms with Crippen LogP contribution in [0.4, 0.5) is 5.69 Å². The molecule has 1 aliphatic rings. The Bertz CT molecular complexity index is 825. The molecule has 1 aliphatic heterocycles. The van der Waals surface area contributed by atoms with Crippen LogP contribution in [-0.2, 0) is 9.59 Å². The van der Waals surface area contributed by atoms with Crippen LogP contribution >= 0.6 is 0 Å². The molecule has 154 valence electrons. The molecular weight excluding hydrogens is 366 g/mol. The molecule has 0 bridgehead atoms. The van der Waals surface area contributed by atoms with Crippen LogP contribution in [0.25, 0.3) is 0 Å². The molecule has 1 heterocycles. The van der Waals surface area contributed by atoms with E-state index in [0.29, 0.717) is 13.1 Å². The lowest BCUT2D eigenvalue weighted by atomic mass is 10.0. The fourth-order valence-corrected chi connectivity index (χ4v) is 3.61. The predicted molar refractivity (Wildman–Crippen MR) is 114 cm³/mol. The van der Waals surface area contributed by atoms with Crippen molar-refractivity contribution in [1.82, 2.24) is 10.2 Å². The van der Waals surface area contributed by atoms with Crippen LogP contribution in [0.5, 0.6) is 5.75 Å². The summed E-state index contributed by atoms with van der Waals surface area (Å²) in [5.74, 6) is 0.772. The van der Waals surface area contributed by atoms with E-state index in [4.69, 9.17) is 4.74 Å². The topological polar surface area (TPSA) is 61.9 Å². The summed E-state index contributed by atoms with van der Waals surface area (Å²) in [5, 5.41) is 2.92. The van der Waals surface area contributed by atoms with E-state index in [1.54, 1.807) is 7.11 Å². The third-order valence-corrected chi connectivity index (χ3v) is 5.31. The maximum absolute atomic E-state index is 12.9. The van der Waals surface area contributed by atoms with Gasteiger partial charge < -0.3 is 19.9 Å². The van der Waals surface area contributed by atoms with E-state index in [1.165, 1.54) is 6.92 Å². The number of nitrogens with one attached hydrogen (secondary N) is 1. The van der Waals surface area contributed by atoms with Crippen molar-refractivity contribution in [3.8, 4) is 5.75 Å². The minimum absolute atomic E-state index is 0.0682. The molecule has 6 heteroatoms. The number of methoxy groups -OCH3 is 1. The molecule has 2 aromatic carbocycles. The molecule has 0 saturated carbocycles. The molecule has 3 rings (SSSR count). The highest BCUT2D eigenvalue weighted by Crippen LogP contribution is 2.22. The Hall–Kier alpha value is -3.02. The first-order valence-corrected chi connectivity index (χ1v) is 9.96. The van der Waals surface area contributed by atoms with Crippen molar-refractivity contribution in [2.45, 2.75) is 26.3 Å². The first-order valence-electron chi connectivity index (χ1n) is 9.96. The first kappa shape index (κ1) is 20.7. The van der Waals surface area contributed by atoms with Crippen LogP contribution < -0.4 is 15.0 Å². The SMILES string of the molecule is COc1ccc(N2CCN(C(=O)CC(NC(C)=O)c3ccc(C)cc3)CC2)cc1. The quantitative estimate of drug-likeness (QED) is 0.817. The number of ether oxygens (including phenoxy) is 1. The summed E-state index contributed by atoms with van der Waals surface area (Å²) in [5.41, 5.74) is 3.24. The van der Waals surface area contributed by atoms with E-state index in [9.17, 15) is 9.59 Å². The summed E-state index contributed by atoms with van der Waals surface area (Å²) in [6.45, 7) is 6.42. The number of hydrogen-bond acceptors (Lipinski definition) is 4. The Kier molecular flexibility index (Phi) is 6.75. The van der Waals surface area contributed by atoms with Gasteiger partial charge in [0.2, 0.25) is 11.8 Å². The molecule has 0 aliphatic carbocycles. The number of anilines is 1. The summed E-state index contributed by atoms with van der Waals surface area (Å²) in [6.07, 6.45) is 0.269. The van der Waals surface area contributed by atoms with Gasteiger partial charge in [0, 0.05) is 38.8 Å². The number of carbonyl (C=O) groups excluding carboxylic acids is 2. The van der Waals surface area contributed by atoms with E-state index >= 15 is 0 Å². The van der Waals surface area contributed by atoms with Crippen LogP contribution in [-0.4, -0.2) is 50.0 Å². The number of piperazine rings is 1. The second-order valence-electron chi connectivity index (χ2n) is 7.43. The molecule has 2 amide bonds. The van der Waals surface area contributed by atoms with Gasteiger partial charge in [-0.25, -0.2) is 0 Å². The summed E-state index contributed by atoms with van der Waals surface area (Å²) in [4.78, 5) is 28.7. The maximum Gasteiger partial charge on any atom is 0.225 e. The van der Waals surface area contributed by atoms with Gasteiger partial charge in [-0.05, 0) is 36.8 Å². The molecule has 1 unspecified atom stereocenters. The highest BCUT2D eigenvalue weighted by atomic mass is 16.5. The predicted octanol–water partition coefficient (Wildman–Crippen LogP) is 2.92. The lowest BCUT2D eigenvalue weighted by Crippen LogP contribution is -2.49. The van der Waals surface area contributed by atoms with Gasteiger partial charge in [-0.15, -0.1) is 0 Å². The van der Waals surface area contributed by atoms with Crippen LogP contribution in [0.15, 0.2) is 48.5 Å². The molecule has 2 aromatic rings. The number of aryl methyl sites for hydroxylation is 1. The standard InChI is InChI=1S/C23H29N3O3/c1-17-4-6-19(7-5-17)22(24-18(2)27)16-23(28)26-14-12-25(13-15-26)20-8-10-21(29-3)11-9-20/h4-11,22H,12-16H2,1-3H3,(H,24,27). The molecule has 1 saturated heterocycles. The van der Waals surface area contributed by atoms with Crippen molar-refractivity contribution >= 4 is 17.5 Å². The van der Waals surface area contributed by atoms with Gasteiger partial charge in [0.05, 0.1) is 19.6 Å². The average molecular weight is 396 g/mol. The second-order valence-corrected chi connectivity index (χ2v) is 7.43. The smallest absolute Gasteiger partial charge is 0.225 e. The molecule has 29 heavy (non-hydrogen) atoms. The van der Waals surface area contributed by atoms with Crippen molar-refractivity contribution < 1.29 is 14.3 Å². The van der Waals surface area contributed by atoms with Gasteiger partial charge in [0.15, 0.2) is 0 Å². The Morgan fingerprint density at radius 2 is 1.62 bits per heavy atom. The van der Waals surface area contributed by atoms with Crippen molar-refractivity contribution in [2.24, 2.45) is 0 Å². The summed E-state index contributed by atoms with van der Waals surface area (Å²) < 4.78 is 5.21. The lowest BCUT2D eigenvalue weighted by Gasteiger charge is -2.36. The molecule has 1 fully saturated rings. The molecule has 1 N–H and O–H groups in total. The highest BCUT2D eigenvalue weighted by Gasteiger charge is 2.25. The van der Waals surface area contributed by atoms with E-state index in [1.807, 2.05) is 60.4 Å². The highest BCUT2D eigenvalue weighted by molar-refractivity contribution is 5.79. The molecular formula is C23H29N3O3. The monoisotopic (exact) mass is 395 g/mol. The number of hydrogen-bond donors (Lipinski definition) is 1. The molecule has 1 atom stereocenters. The Labute approximate surface area is 172 Å². The van der Waals surface area contributed by atoms with E-state index in [2.05, 4.69) is 10.2 Å².